The van der Waals surface area contributed by atoms with E-state index in [0.717, 1.165) is 17.4 Å². The van der Waals surface area contributed by atoms with Crippen molar-refractivity contribution in [2.45, 2.75) is 18.2 Å². The molecule has 0 aliphatic rings. The predicted octanol–water partition coefficient (Wildman–Crippen LogP) is 6.03. The highest BCUT2D eigenvalue weighted by Crippen LogP contribution is 2.37. The molecule has 0 nitrogen and oxygen atoms in total. The molecule has 2 heteroatoms. The first-order valence-corrected chi connectivity index (χ1v) is 8.03. The first-order valence-electron chi connectivity index (χ1n) is 7.11. The predicted molar refractivity (Wildman–Crippen MR) is 90.5 cm³/mol. The third-order valence-electron chi connectivity index (χ3n) is 3.89. The quantitative estimate of drug-likeness (QED) is 0.510. The van der Waals surface area contributed by atoms with Crippen LogP contribution in [0.2, 0.25) is 0 Å². The molecule has 106 valence electrons. The lowest BCUT2D eigenvalue weighted by molar-refractivity contribution is 0.639. The van der Waals surface area contributed by atoms with Gasteiger partial charge in [-0.05, 0) is 34.6 Å². The minimum atomic E-state index is -0.169. The molecule has 1 unspecified atom stereocenters. The summed E-state index contributed by atoms with van der Waals surface area (Å²) in [6.45, 7) is 2.15. The van der Waals surface area contributed by atoms with Gasteiger partial charge in [-0.1, -0.05) is 77.5 Å². The van der Waals surface area contributed by atoms with Crippen molar-refractivity contribution in [2.75, 3.05) is 0 Å². The zero-order valence-electron chi connectivity index (χ0n) is 11.8. The number of rotatable bonds is 3. The second-order valence-corrected chi connectivity index (χ2v) is 6.01. The van der Waals surface area contributed by atoms with Crippen LogP contribution in [0.15, 0.2) is 60.7 Å². The average Bonchev–Trinajstić information content (AvgIpc) is 2.55. The number of benzene rings is 3. The van der Waals surface area contributed by atoms with E-state index in [1.165, 1.54) is 11.1 Å². The van der Waals surface area contributed by atoms with Gasteiger partial charge in [-0.3, -0.25) is 0 Å². The highest BCUT2D eigenvalue weighted by atomic mass is 79.9. The van der Waals surface area contributed by atoms with Crippen LogP contribution in [-0.4, -0.2) is 0 Å². The van der Waals surface area contributed by atoms with E-state index >= 15 is 0 Å². The fourth-order valence-electron chi connectivity index (χ4n) is 2.78. The van der Waals surface area contributed by atoms with Crippen molar-refractivity contribution in [1.29, 1.82) is 0 Å². The van der Waals surface area contributed by atoms with Crippen LogP contribution in [-0.2, 0) is 6.42 Å². The van der Waals surface area contributed by atoms with Crippen LogP contribution < -0.4 is 0 Å². The van der Waals surface area contributed by atoms with E-state index in [4.69, 9.17) is 0 Å². The summed E-state index contributed by atoms with van der Waals surface area (Å²) in [5.74, 6) is -0.169. The van der Waals surface area contributed by atoms with Gasteiger partial charge >= 0.3 is 0 Å². The summed E-state index contributed by atoms with van der Waals surface area (Å²) in [6.07, 6.45) is 0.984. The van der Waals surface area contributed by atoms with Crippen LogP contribution in [0.3, 0.4) is 0 Å². The smallest absolute Gasteiger partial charge is 0.131 e. The maximum Gasteiger partial charge on any atom is 0.131 e. The van der Waals surface area contributed by atoms with Crippen LogP contribution in [0.4, 0.5) is 4.39 Å². The molecule has 3 aromatic rings. The Hall–Kier alpha value is -1.67. The average molecular weight is 343 g/mol. The van der Waals surface area contributed by atoms with Gasteiger partial charge in [-0.2, -0.15) is 0 Å². The summed E-state index contributed by atoms with van der Waals surface area (Å²) in [5, 5.41) is 1.64. The molecule has 21 heavy (non-hydrogen) atoms. The molecule has 0 amide bonds. The Morgan fingerprint density at radius 1 is 0.857 bits per heavy atom. The van der Waals surface area contributed by atoms with E-state index in [1.54, 1.807) is 6.07 Å². The van der Waals surface area contributed by atoms with Crippen molar-refractivity contribution in [3.63, 3.8) is 0 Å². The van der Waals surface area contributed by atoms with Crippen molar-refractivity contribution in [2.24, 2.45) is 0 Å². The molecule has 0 saturated heterocycles. The molecule has 0 aliphatic heterocycles. The van der Waals surface area contributed by atoms with Gasteiger partial charge in [0.1, 0.15) is 5.82 Å². The van der Waals surface area contributed by atoms with Crippen LogP contribution in [0.1, 0.15) is 28.4 Å². The Labute approximate surface area is 132 Å². The lowest BCUT2D eigenvalue weighted by Gasteiger charge is -2.17. The first-order chi connectivity index (χ1) is 10.2. The highest BCUT2D eigenvalue weighted by Gasteiger charge is 2.17. The Morgan fingerprint density at radius 3 is 2.29 bits per heavy atom. The summed E-state index contributed by atoms with van der Waals surface area (Å²) in [6, 6.07) is 19.5. The molecule has 0 aromatic heterocycles. The molecule has 0 saturated carbocycles. The Balaban J connectivity index is 2.18. The fourth-order valence-corrected chi connectivity index (χ4v) is 3.62. The van der Waals surface area contributed by atoms with Gasteiger partial charge < -0.3 is 0 Å². The maximum atomic E-state index is 14.0. The number of hydrogen-bond donors (Lipinski definition) is 0. The summed E-state index contributed by atoms with van der Waals surface area (Å²) in [4.78, 5) is 0.0687. The number of alkyl halides is 1. The topological polar surface area (TPSA) is 0 Å². The number of aryl methyl sites for hydroxylation is 1. The van der Waals surface area contributed by atoms with Crippen molar-refractivity contribution < 1.29 is 4.39 Å². The van der Waals surface area contributed by atoms with Crippen LogP contribution >= 0.6 is 15.9 Å². The molecular formula is C19H16BrF. The van der Waals surface area contributed by atoms with Gasteiger partial charge in [0.15, 0.2) is 0 Å². The second-order valence-electron chi connectivity index (χ2n) is 5.10. The summed E-state index contributed by atoms with van der Waals surface area (Å²) in [7, 11) is 0. The Morgan fingerprint density at radius 2 is 1.52 bits per heavy atom. The maximum absolute atomic E-state index is 14.0. The number of fused-ring (bicyclic) bond motifs is 1. The monoisotopic (exact) mass is 342 g/mol. The highest BCUT2D eigenvalue weighted by molar-refractivity contribution is 9.09. The molecule has 1 atom stereocenters. The minimum Gasteiger partial charge on any atom is -0.206 e. The van der Waals surface area contributed by atoms with Gasteiger partial charge in [-0.15, -0.1) is 0 Å². The zero-order valence-corrected chi connectivity index (χ0v) is 13.4. The van der Waals surface area contributed by atoms with Crippen molar-refractivity contribution in [1.82, 2.24) is 0 Å². The van der Waals surface area contributed by atoms with Crippen LogP contribution in [0, 0.1) is 5.82 Å². The van der Waals surface area contributed by atoms with E-state index < -0.39 is 0 Å². The van der Waals surface area contributed by atoms with E-state index in [2.05, 4.69) is 47.1 Å². The lowest BCUT2D eigenvalue weighted by Crippen LogP contribution is -1.99. The summed E-state index contributed by atoms with van der Waals surface area (Å²) >= 11 is 3.81. The van der Waals surface area contributed by atoms with E-state index in [0.29, 0.717) is 5.39 Å². The fraction of sp³-hybridized carbons (Fsp3) is 0.158. The molecule has 0 bridgehead atoms. The Kier molecular flexibility index (Phi) is 4.07. The molecule has 0 N–H and O–H groups in total. The summed E-state index contributed by atoms with van der Waals surface area (Å²) < 4.78 is 14.0. The standard InChI is InChI=1S/C19H16BrF/c1-2-13-7-3-4-8-14(13)19(20)17-11-12-18(21)16-10-6-5-9-15(16)17/h3-12,19H,2H2,1H3. The van der Waals surface area contributed by atoms with Gasteiger partial charge in [0, 0.05) is 5.39 Å². The van der Waals surface area contributed by atoms with Crippen molar-refractivity contribution >= 4 is 26.7 Å². The third-order valence-corrected chi connectivity index (χ3v) is 4.87. The molecule has 0 aliphatic carbocycles. The van der Waals surface area contributed by atoms with E-state index in [-0.39, 0.29) is 10.6 Å². The SMILES string of the molecule is CCc1ccccc1C(Br)c1ccc(F)c2ccccc12. The molecule has 0 fully saturated rings. The summed E-state index contributed by atoms with van der Waals surface area (Å²) in [5.41, 5.74) is 3.66. The first kappa shape index (κ1) is 14.3. The van der Waals surface area contributed by atoms with E-state index in [1.807, 2.05) is 30.3 Å². The van der Waals surface area contributed by atoms with Crippen LogP contribution in [0.5, 0.6) is 0 Å². The molecule has 0 heterocycles. The Bertz CT molecular complexity index is 779. The van der Waals surface area contributed by atoms with Crippen molar-refractivity contribution in [3.8, 4) is 0 Å². The number of hydrogen-bond acceptors (Lipinski definition) is 0. The van der Waals surface area contributed by atoms with Gasteiger partial charge in [0.25, 0.3) is 0 Å². The second kappa shape index (κ2) is 5.98. The van der Waals surface area contributed by atoms with E-state index in [9.17, 15) is 4.39 Å². The van der Waals surface area contributed by atoms with Gasteiger partial charge in [-0.25, -0.2) is 4.39 Å². The molecular weight excluding hydrogens is 327 g/mol. The van der Waals surface area contributed by atoms with Crippen molar-refractivity contribution in [3.05, 3.63) is 83.2 Å². The zero-order chi connectivity index (χ0) is 14.8. The molecule has 0 spiro atoms. The lowest BCUT2D eigenvalue weighted by atomic mass is 9.94. The minimum absolute atomic E-state index is 0.0687. The third kappa shape index (κ3) is 2.60. The molecule has 3 rings (SSSR count). The normalized spacial score (nSPS) is 12.5. The largest absolute Gasteiger partial charge is 0.206 e. The van der Waals surface area contributed by atoms with Gasteiger partial charge in [0.2, 0.25) is 0 Å². The van der Waals surface area contributed by atoms with Crippen LogP contribution in [0.25, 0.3) is 10.8 Å². The van der Waals surface area contributed by atoms with Gasteiger partial charge in [0.05, 0.1) is 4.83 Å². The molecule has 3 aromatic carbocycles. The molecule has 0 radical (unpaired) electrons. The number of halogens is 2.